The van der Waals surface area contributed by atoms with Gasteiger partial charge in [-0.15, -0.1) is 0 Å². The van der Waals surface area contributed by atoms with Crippen LogP contribution in [0.25, 0.3) is 0 Å². The zero-order chi connectivity index (χ0) is 23.6. The highest BCUT2D eigenvalue weighted by Crippen LogP contribution is 2.71. The Morgan fingerprint density at radius 3 is 2.79 bits per heavy atom. The standard InChI is InChI=1S/C27H33N2O5/c1-4-15-16-11-19-23-27(17-7-5-6-8-18(17)28(23)2)12-20(22(16)24(27)30)29(19,25(15)31)13-14-9-10-21(34-14)26(32)33-3/h5-10,15-16,19-20,22-25,30-31H,4,11-13H2,1-3H3/q+1/t15-,16-,19-,20+,22-,23-,24+,25-,27-,29?/m1/s1. The van der Waals surface area contributed by atoms with Crippen LogP contribution < -0.4 is 4.90 Å². The van der Waals surface area contributed by atoms with E-state index in [1.165, 1.54) is 18.4 Å². The predicted molar refractivity (Wildman–Crippen MR) is 124 cm³/mol. The van der Waals surface area contributed by atoms with Gasteiger partial charge in [0.05, 0.1) is 30.7 Å². The maximum absolute atomic E-state index is 12.1. The van der Waals surface area contributed by atoms with Gasteiger partial charge in [-0.1, -0.05) is 25.1 Å². The Balaban J connectivity index is 1.41. The first-order valence-electron chi connectivity index (χ1n) is 12.6. The third-order valence-corrected chi connectivity index (χ3v) is 10.6. The van der Waals surface area contributed by atoms with Crippen molar-refractivity contribution in [3.63, 3.8) is 0 Å². The molecule has 6 heterocycles. The zero-order valence-electron chi connectivity index (χ0n) is 19.9. The second-order valence-electron chi connectivity index (χ2n) is 11.3. The third kappa shape index (κ3) is 2.10. The molecule has 1 unspecified atom stereocenters. The van der Waals surface area contributed by atoms with E-state index in [4.69, 9.17) is 9.15 Å². The molecule has 6 aliphatic rings. The number of ether oxygens (including phenoxy) is 1. The van der Waals surface area contributed by atoms with Crippen molar-refractivity contribution >= 4 is 11.7 Å². The maximum Gasteiger partial charge on any atom is 0.373 e. The van der Waals surface area contributed by atoms with Gasteiger partial charge in [0.15, 0.2) is 12.0 Å². The van der Waals surface area contributed by atoms with Gasteiger partial charge in [0.1, 0.15) is 12.6 Å². The van der Waals surface area contributed by atoms with Crippen LogP contribution >= 0.6 is 0 Å². The number of quaternary nitrogens is 1. The van der Waals surface area contributed by atoms with Gasteiger partial charge in [-0.05, 0) is 36.1 Å². The van der Waals surface area contributed by atoms with E-state index in [1.807, 2.05) is 6.07 Å². The highest BCUT2D eigenvalue weighted by molar-refractivity contribution is 5.86. The van der Waals surface area contributed by atoms with E-state index < -0.39 is 18.3 Å². The minimum atomic E-state index is -0.512. The van der Waals surface area contributed by atoms with Gasteiger partial charge in [-0.25, -0.2) is 4.79 Å². The van der Waals surface area contributed by atoms with Crippen LogP contribution in [0.4, 0.5) is 5.69 Å². The number of fused-ring (bicyclic) bond motifs is 2. The molecule has 1 spiro atoms. The predicted octanol–water partition coefficient (Wildman–Crippen LogP) is 2.65. The number of hydrogen-bond donors (Lipinski definition) is 2. The highest BCUT2D eigenvalue weighted by Gasteiger charge is 2.83. The van der Waals surface area contributed by atoms with Gasteiger partial charge in [0, 0.05) is 37.4 Å². The number of benzene rings is 1. The lowest BCUT2D eigenvalue weighted by Crippen LogP contribution is -2.82. The molecule has 4 saturated heterocycles. The maximum atomic E-state index is 12.1. The molecule has 10 atom stereocenters. The Kier molecular flexibility index (Phi) is 4.10. The first kappa shape index (κ1) is 21.0. The van der Waals surface area contributed by atoms with Crippen molar-refractivity contribution in [3.8, 4) is 0 Å². The summed E-state index contributed by atoms with van der Waals surface area (Å²) in [6, 6.07) is 12.6. The molecule has 180 valence electrons. The molecule has 7 heteroatoms. The quantitative estimate of drug-likeness (QED) is 0.534. The molecule has 5 bridgehead atoms. The number of aliphatic hydroxyl groups is 2. The summed E-state index contributed by atoms with van der Waals surface area (Å²) < 4.78 is 11.3. The second kappa shape index (κ2) is 6.65. The Morgan fingerprint density at radius 1 is 1.24 bits per heavy atom. The van der Waals surface area contributed by atoms with Crippen LogP contribution in [-0.4, -0.2) is 65.3 Å². The summed E-state index contributed by atoms with van der Waals surface area (Å²) in [5.41, 5.74) is 2.20. The van der Waals surface area contributed by atoms with Crippen molar-refractivity contribution in [2.24, 2.45) is 17.8 Å². The van der Waals surface area contributed by atoms with Crippen LogP contribution in [0.1, 0.15) is 48.1 Å². The SMILES string of the molecule is CC[C@@H]1[C@H]2C[C@@H]3[C@H]4N(C)c5ccccc5[C@]45C[C@@H]([C@@H]2[C@@H]5O)[N+]3(Cc2ccc(C(=O)OC)o2)[C@@H]1O. The molecule has 0 radical (unpaired) electrons. The number of likely N-dealkylation sites (N-methyl/N-ethyl adjacent to an activating group) is 1. The number of para-hydroxylation sites is 1. The van der Waals surface area contributed by atoms with E-state index in [0.29, 0.717) is 22.7 Å². The van der Waals surface area contributed by atoms with Crippen LogP contribution in [-0.2, 0) is 16.7 Å². The fourth-order valence-corrected chi connectivity index (χ4v) is 9.65. The lowest BCUT2D eigenvalue weighted by molar-refractivity contribution is -1.05. The Morgan fingerprint density at radius 2 is 2.03 bits per heavy atom. The number of esters is 1. The first-order valence-corrected chi connectivity index (χ1v) is 12.6. The molecule has 5 aliphatic heterocycles. The van der Waals surface area contributed by atoms with Crippen molar-refractivity contribution in [3.05, 3.63) is 53.5 Å². The van der Waals surface area contributed by atoms with Crippen molar-refractivity contribution in [2.45, 2.75) is 68.6 Å². The number of hydrogen-bond acceptors (Lipinski definition) is 6. The zero-order valence-corrected chi connectivity index (χ0v) is 19.9. The number of nitrogens with zero attached hydrogens (tertiary/aromatic N) is 2. The Labute approximate surface area is 199 Å². The third-order valence-electron chi connectivity index (χ3n) is 10.6. The number of aliphatic hydroxyl groups excluding tert-OH is 2. The van der Waals surface area contributed by atoms with E-state index in [0.717, 1.165) is 19.3 Å². The monoisotopic (exact) mass is 465 g/mol. The average molecular weight is 466 g/mol. The van der Waals surface area contributed by atoms with Crippen molar-refractivity contribution in [1.82, 2.24) is 0 Å². The summed E-state index contributed by atoms with van der Waals surface area (Å²) in [5, 5.41) is 24.1. The highest BCUT2D eigenvalue weighted by atomic mass is 16.5. The molecule has 1 aromatic carbocycles. The van der Waals surface area contributed by atoms with Crippen LogP contribution in [0.2, 0.25) is 0 Å². The summed E-state index contributed by atoms with van der Waals surface area (Å²) >= 11 is 0. The number of piperidine rings is 4. The molecular weight excluding hydrogens is 432 g/mol. The lowest BCUT2D eigenvalue weighted by Gasteiger charge is -2.67. The number of carbonyl (C=O) groups excluding carboxylic acids is 1. The molecule has 2 aromatic rings. The molecular formula is C27H33N2O5+. The van der Waals surface area contributed by atoms with Crippen LogP contribution in [0.5, 0.6) is 0 Å². The molecule has 34 heavy (non-hydrogen) atoms. The molecule has 8 rings (SSSR count). The van der Waals surface area contributed by atoms with Crippen LogP contribution in [0.3, 0.4) is 0 Å². The molecule has 1 saturated carbocycles. The summed E-state index contributed by atoms with van der Waals surface area (Å²) in [6.45, 7) is 2.69. The molecule has 0 amide bonds. The van der Waals surface area contributed by atoms with Gasteiger partial charge < -0.3 is 24.3 Å². The summed E-state index contributed by atoms with van der Waals surface area (Å²) in [6.07, 6.45) is 1.83. The summed E-state index contributed by atoms with van der Waals surface area (Å²) in [4.78, 5) is 14.4. The topological polar surface area (TPSA) is 83.1 Å². The van der Waals surface area contributed by atoms with Crippen molar-refractivity contribution < 1.29 is 28.6 Å². The van der Waals surface area contributed by atoms with Crippen molar-refractivity contribution in [2.75, 3.05) is 19.1 Å². The fourth-order valence-electron chi connectivity index (χ4n) is 9.65. The second-order valence-corrected chi connectivity index (χ2v) is 11.3. The van der Waals surface area contributed by atoms with E-state index in [9.17, 15) is 15.0 Å². The molecule has 5 fully saturated rings. The Hall–Kier alpha value is -2.35. The van der Waals surface area contributed by atoms with Crippen LogP contribution in [0.15, 0.2) is 40.8 Å². The minimum Gasteiger partial charge on any atom is -0.463 e. The first-order chi connectivity index (χ1) is 16.4. The van der Waals surface area contributed by atoms with Gasteiger partial charge in [-0.3, -0.25) is 4.48 Å². The van der Waals surface area contributed by atoms with E-state index in [-0.39, 0.29) is 41.1 Å². The number of rotatable bonds is 4. The molecule has 2 N–H and O–H groups in total. The number of furan rings is 1. The Bertz CT molecular complexity index is 1180. The average Bonchev–Trinajstić information content (AvgIpc) is 3.47. The number of methoxy groups -OCH3 is 1. The van der Waals surface area contributed by atoms with Gasteiger partial charge in [-0.2, -0.15) is 0 Å². The summed E-state index contributed by atoms with van der Waals surface area (Å²) in [5.74, 6) is 1.04. The minimum absolute atomic E-state index is 0.119. The van der Waals surface area contributed by atoms with Crippen LogP contribution in [0, 0.1) is 17.8 Å². The molecule has 1 aliphatic carbocycles. The van der Waals surface area contributed by atoms with Gasteiger partial charge >= 0.3 is 5.97 Å². The fraction of sp³-hybridized carbons (Fsp3) is 0.593. The normalized spacial score (nSPS) is 44.9. The van der Waals surface area contributed by atoms with E-state index in [2.05, 4.69) is 43.1 Å². The number of carbonyl (C=O) groups is 1. The van der Waals surface area contributed by atoms with Gasteiger partial charge in [0.2, 0.25) is 5.76 Å². The van der Waals surface area contributed by atoms with Crippen molar-refractivity contribution in [1.29, 1.82) is 0 Å². The molecule has 7 nitrogen and oxygen atoms in total. The van der Waals surface area contributed by atoms with E-state index >= 15 is 0 Å². The molecule has 1 aromatic heterocycles. The smallest absolute Gasteiger partial charge is 0.373 e. The summed E-state index contributed by atoms with van der Waals surface area (Å²) in [7, 11) is 3.51. The van der Waals surface area contributed by atoms with E-state index in [1.54, 1.807) is 6.07 Å². The largest absolute Gasteiger partial charge is 0.463 e. The van der Waals surface area contributed by atoms with Gasteiger partial charge in [0.25, 0.3) is 0 Å². The lowest BCUT2D eigenvalue weighted by atomic mass is 9.60. The number of anilines is 1.